The Labute approximate surface area is 145 Å². The maximum atomic E-state index is 13.6. The summed E-state index contributed by atoms with van der Waals surface area (Å²) in [7, 11) is 0. The minimum absolute atomic E-state index is 0.455. The number of pyridine rings is 1. The van der Waals surface area contributed by atoms with Crippen LogP contribution in [-0.4, -0.2) is 9.97 Å². The van der Waals surface area contributed by atoms with Crippen molar-refractivity contribution in [2.24, 2.45) is 0 Å². The first-order valence-electron chi connectivity index (χ1n) is 7.50. The normalized spacial score (nSPS) is 11.4. The number of nitrogens with zero attached hydrogens (tertiary/aromatic N) is 2. The second-order valence-electron chi connectivity index (χ2n) is 5.47. The maximum absolute atomic E-state index is 13.6. The quantitative estimate of drug-likeness (QED) is 0.443. The van der Waals surface area contributed by atoms with Gasteiger partial charge in [-0.2, -0.15) is 0 Å². The summed E-state index contributed by atoms with van der Waals surface area (Å²) in [6.07, 6.45) is -1.28. The van der Waals surface area contributed by atoms with E-state index in [1.165, 1.54) is 17.4 Å². The standard InChI is InChI=1S/C19H11F3N2S/c20-15-5-3-12(8-14(15)19(21)22)18-13(2-1-7-23-18)11-4-6-16-17(9-11)25-10-24-16/h1-10,19H. The summed E-state index contributed by atoms with van der Waals surface area (Å²) in [5.41, 5.74) is 4.75. The summed E-state index contributed by atoms with van der Waals surface area (Å²) in [5, 5.41) is 0. The van der Waals surface area contributed by atoms with Gasteiger partial charge < -0.3 is 0 Å². The zero-order chi connectivity index (χ0) is 17.4. The van der Waals surface area contributed by atoms with Crippen LogP contribution in [-0.2, 0) is 0 Å². The predicted molar refractivity (Wildman–Crippen MR) is 93.2 cm³/mol. The van der Waals surface area contributed by atoms with Gasteiger partial charge in [0.15, 0.2) is 0 Å². The summed E-state index contributed by atoms with van der Waals surface area (Å²) in [4.78, 5) is 8.60. The van der Waals surface area contributed by atoms with Gasteiger partial charge in [0.25, 0.3) is 6.43 Å². The van der Waals surface area contributed by atoms with Gasteiger partial charge in [0.2, 0.25) is 0 Å². The summed E-state index contributed by atoms with van der Waals surface area (Å²) >= 11 is 1.53. The lowest BCUT2D eigenvalue weighted by Crippen LogP contribution is -1.94. The molecule has 2 heterocycles. The molecular weight excluding hydrogens is 345 g/mol. The van der Waals surface area contributed by atoms with Gasteiger partial charge in [0, 0.05) is 17.3 Å². The molecule has 124 valence electrons. The van der Waals surface area contributed by atoms with Crippen molar-refractivity contribution < 1.29 is 13.2 Å². The summed E-state index contributed by atoms with van der Waals surface area (Å²) in [6.45, 7) is 0. The van der Waals surface area contributed by atoms with E-state index in [0.717, 1.165) is 33.5 Å². The van der Waals surface area contributed by atoms with Crippen molar-refractivity contribution >= 4 is 21.6 Å². The topological polar surface area (TPSA) is 25.8 Å². The first-order chi connectivity index (χ1) is 12.1. The van der Waals surface area contributed by atoms with Crippen molar-refractivity contribution in [1.29, 1.82) is 0 Å². The van der Waals surface area contributed by atoms with E-state index in [2.05, 4.69) is 9.97 Å². The van der Waals surface area contributed by atoms with E-state index in [9.17, 15) is 13.2 Å². The zero-order valence-corrected chi connectivity index (χ0v) is 13.6. The highest BCUT2D eigenvalue weighted by Crippen LogP contribution is 2.34. The molecule has 0 N–H and O–H groups in total. The number of hydrogen-bond acceptors (Lipinski definition) is 3. The van der Waals surface area contributed by atoms with Crippen LogP contribution in [0.5, 0.6) is 0 Å². The molecule has 0 unspecified atom stereocenters. The predicted octanol–water partition coefficient (Wildman–Crippen LogP) is 6.10. The van der Waals surface area contributed by atoms with Gasteiger partial charge in [-0.15, -0.1) is 11.3 Å². The van der Waals surface area contributed by atoms with Gasteiger partial charge in [-0.25, -0.2) is 18.2 Å². The maximum Gasteiger partial charge on any atom is 0.266 e. The molecule has 0 bridgehead atoms. The molecule has 2 aromatic carbocycles. The van der Waals surface area contributed by atoms with E-state index in [4.69, 9.17) is 0 Å². The third kappa shape index (κ3) is 2.89. The Kier molecular flexibility index (Phi) is 3.97. The fraction of sp³-hybridized carbons (Fsp3) is 0.0526. The van der Waals surface area contributed by atoms with Crippen LogP contribution in [0.4, 0.5) is 13.2 Å². The fourth-order valence-corrected chi connectivity index (χ4v) is 3.47. The molecule has 0 aliphatic heterocycles. The first kappa shape index (κ1) is 15.8. The van der Waals surface area contributed by atoms with E-state index in [1.54, 1.807) is 17.8 Å². The second-order valence-corrected chi connectivity index (χ2v) is 6.36. The third-order valence-corrected chi connectivity index (χ3v) is 4.75. The number of rotatable bonds is 3. The number of thiazole rings is 1. The average Bonchev–Trinajstić information content (AvgIpc) is 3.09. The Morgan fingerprint density at radius 2 is 1.76 bits per heavy atom. The smallest absolute Gasteiger partial charge is 0.256 e. The van der Waals surface area contributed by atoms with Gasteiger partial charge in [-0.1, -0.05) is 12.1 Å². The van der Waals surface area contributed by atoms with Crippen LogP contribution in [0.25, 0.3) is 32.6 Å². The summed E-state index contributed by atoms with van der Waals surface area (Å²) in [5.74, 6) is -0.915. The van der Waals surface area contributed by atoms with Crippen molar-refractivity contribution in [1.82, 2.24) is 9.97 Å². The molecule has 0 fully saturated rings. The molecule has 4 aromatic rings. The largest absolute Gasteiger partial charge is 0.266 e. The van der Waals surface area contributed by atoms with Gasteiger partial charge >= 0.3 is 0 Å². The van der Waals surface area contributed by atoms with Crippen LogP contribution in [0.1, 0.15) is 12.0 Å². The Morgan fingerprint density at radius 3 is 2.60 bits per heavy atom. The fourth-order valence-electron chi connectivity index (χ4n) is 2.75. The van der Waals surface area contributed by atoms with Gasteiger partial charge in [0.05, 0.1) is 27.0 Å². The molecule has 4 rings (SSSR count). The number of alkyl halides is 2. The molecule has 2 nitrogen and oxygen atoms in total. The van der Waals surface area contributed by atoms with Gasteiger partial charge in [0.1, 0.15) is 5.82 Å². The number of fused-ring (bicyclic) bond motifs is 1. The monoisotopic (exact) mass is 356 g/mol. The van der Waals surface area contributed by atoms with E-state index in [0.29, 0.717) is 11.3 Å². The van der Waals surface area contributed by atoms with Crippen molar-refractivity contribution in [3.05, 3.63) is 71.6 Å². The van der Waals surface area contributed by atoms with Crippen molar-refractivity contribution in [3.8, 4) is 22.4 Å². The van der Waals surface area contributed by atoms with Crippen LogP contribution in [0, 0.1) is 5.82 Å². The number of benzene rings is 2. The molecule has 0 atom stereocenters. The Hall–Kier alpha value is -2.73. The van der Waals surface area contributed by atoms with Crippen LogP contribution < -0.4 is 0 Å². The Morgan fingerprint density at radius 1 is 0.920 bits per heavy atom. The molecule has 0 saturated carbocycles. The molecule has 6 heteroatoms. The van der Waals surface area contributed by atoms with Crippen LogP contribution >= 0.6 is 11.3 Å². The minimum atomic E-state index is -2.87. The SMILES string of the molecule is Fc1ccc(-c2ncccc2-c2ccc3ncsc3c2)cc1C(F)F. The van der Waals surface area contributed by atoms with E-state index in [-0.39, 0.29) is 0 Å². The van der Waals surface area contributed by atoms with Crippen molar-refractivity contribution in [2.45, 2.75) is 6.43 Å². The molecule has 0 aliphatic rings. The molecule has 0 radical (unpaired) electrons. The van der Waals surface area contributed by atoms with Crippen molar-refractivity contribution in [2.75, 3.05) is 0 Å². The summed E-state index contributed by atoms with van der Waals surface area (Å²) < 4.78 is 40.7. The van der Waals surface area contributed by atoms with Crippen LogP contribution in [0.3, 0.4) is 0 Å². The highest BCUT2D eigenvalue weighted by atomic mass is 32.1. The number of halogens is 3. The summed E-state index contributed by atoms with van der Waals surface area (Å²) in [6, 6.07) is 13.2. The number of hydrogen-bond donors (Lipinski definition) is 0. The molecule has 0 spiro atoms. The minimum Gasteiger partial charge on any atom is -0.256 e. The lowest BCUT2D eigenvalue weighted by Gasteiger charge is -2.11. The lowest BCUT2D eigenvalue weighted by molar-refractivity contribution is 0.146. The van der Waals surface area contributed by atoms with E-state index < -0.39 is 17.8 Å². The van der Waals surface area contributed by atoms with Gasteiger partial charge in [-0.3, -0.25) is 4.98 Å². The molecular formula is C19H11F3N2S. The van der Waals surface area contributed by atoms with E-state index in [1.807, 2.05) is 24.3 Å². The molecule has 0 amide bonds. The Balaban J connectivity index is 1.88. The van der Waals surface area contributed by atoms with E-state index >= 15 is 0 Å². The third-order valence-electron chi connectivity index (χ3n) is 3.95. The Bertz CT molecular complexity index is 1060. The highest BCUT2D eigenvalue weighted by molar-refractivity contribution is 7.16. The zero-order valence-electron chi connectivity index (χ0n) is 12.8. The molecule has 2 aromatic heterocycles. The average molecular weight is 356 g/mol. The van der Waals surface area contributed by atoms with Crippen LogP contribution in [0.15, 0.2) is 60.2 Å². The highest BCUT2D eigenvalue weighted by Gasteiger charge is 2.16. The van der Waals surface area contributed by atoms with Crippen molar-refractivity contribution in [3.63, 3.8) is 0 Å². The number of aromatic nitrogens is 2. The first-order valence-corrected chi connectivity index (χ1v) is 8.38. The lowest BCUT2D eigenvalue weighted by atomic mass is 9.98. The molecule has 0 aliphatic carbocycles. The van der Waals surface area contributed by atoms with Gasteiger partial charge in [-0.05, 0) is 42.0 Å². The molecule has 0 saturated heterocycles. The molecule has 25 heavy (non-hydrogen) atoms. The van der Waals surface area contributed by atoms with Crippen LogP contribution in [0.2, 0.25) is 0 Å². The second kappa shape index (κ2) is 6.29.